The third-order valence-corrected chi connectivity index (χ3v) is 5.32. The zero-order valence-corrected chi connectivity index (χ0v) is 16.0. The molecule has 1 aromatic carbocycles. The highest BCUT2D eigenvalue weighted by atomic mass is 16.3. The van der Waals surface area contributed by atoms with E-state index >= 15 is 0 Å². The number of aliphatic hydroxyl groups is 1. The quantitative estimate of drug-likeness (QED) is 0.636. The first-order valence-corrected chi connectivity index (χ1v) is 9.29. The van der Waals surface area contributed by atoms with E-state index in [0.717, 1.165) is 27.7 Å². The van der Waals surface area contributed by atoms with Crippen LogP contribution in [0.25, 0.3) is 10.9 Å². The molecule has 28 heavy (non-hydrogen) atoms. The smallest absolute Gasteiger partial charge is 0.274 e. The van der Waals surface area contributed by atoms with Crippen molar-refractivity contribution >= 4 is 22.7 Å². The maximum absolute atomic E-state index is 13.1. The Bertz CT molecular complexity index is 1050. The van der Waals surface area contributed by atoms with Gasteiger partial charge in [0.2, 0.25) is 0 Å². The van der Waals surface area contributed by atoms with E-state index in [4.69, 9.17) is 5.11 Å². The standard InChI is InChI=1S/C20H23N5O3/c1-12-4-3-5-15-13(12)10-17(21-15)19(27)25-7-6-16-14(11-25)18(23-22-16)20(28)24(2)8-9-26/h3-5,10,21,26H,6-9,11H2,1-2H3,(H,22,23). The fourth-order valence-electron chi connectivity index (χ4n) is 3.67. The van der Waals surface area contributed by atoms with Crippen LogP contribution in [0, 0.1) is 6.92 Å². The lowest BCUT2D eigenvalue weighted by Gasteiger charge is -2.27. The molecule has 3 heterocycles. The van der Waals surface area contributed by atoms with E-state index in [2.05, 4.69) is 15.2 Å². The molecule has 0 bridgehead atoms. The molecule has 0 radical (unpaired) electrons. The monoisotopic (exact) mass is 381 g/mol. The number of benzene rings is 1. The number of rotatable bonds is 4. The van der Waals surface area contributed by atoms with Gasteiger partial charge in [0.05, 0.1) is 13.2 Å². The molecule has 146 valence electrons. The van der Waals surface area contributed by atoms with E-state index in [9.17, 15) is 9.59 Å². The van der Waals surface area contributed by atoms with Gasteiger partial charge in [-0.25, -0.2) is 0 Å². The zero-order valence-electron chi connectivity index (χ0n) is 16.0. The van der Waals surface area contributed by atoms with E-state index in [1.165, 1.54) is 4.90 Å². The van der Waals surface area contributed by atoms with Gasteiger partial charge in [-0.3, -0.25) is 14.7 Å². The lowest BCUT2D eigenvalue weighted by Crippen LogP contribution is -2.37. The minimum atomic E-state index is -0.262. The number of nitrogens with zero attached hydrogens (tertiary/aromatic N) is 3. The Hall–Kier alpha value is -3.13. The number of fused-ring (bicyclic) bond motifs is 2. The fraction of sp³-hybridized carbons (Fsp3) is 0.350. The van der Waals surface area contributed by atoms with Crippen molar-refractivity contribution in [2.24, 2.45) is 0 Å². The number of hydrogen-bond acceptors (Lipinski definition) is 4. The molecule has 8 nitrogen and oxygen atoms in total. The summed E-state index contributed by atoms with van der Waals surface area (Å²) >= 11 is 0. The van der Waals surface area contributed by atoms with Crippen LogP contribution >= 0.6 is 0 Å². The number of aliphatic hydroxyl groups excluding tert-OH is 1. The van der Waals surface area contributed by atoms with Crippen molar-refractivity contribution in [1.29, 1.82) is 0 Å². The molecule has 0 fully saturated rings. The molecule has 3 aromatic rings. The van der Waals surface area contributed by atoms with E-state index in [1.54, 1.807) is 11.9 Å². The number of aryl methyl sites for hydroxylation is 1. The largest absolute Gasteiger partial charge is 0.395 e. The maximum atomic E-state index is 13.1. The second kappa shape index (κ2) is 7.12. The minimum Gasteiger partial charge on any atom is -0.395 e. The van der Waals surface area contributed by atoms with Gasteiger partial charge in [-0.2, -0.15) is 5.10 Å². The van der Waals surface area contributed by atoms with Gasteiger partial charge in [0.25, 0.3) is 11.8 Å². The zero-order chi connectivity index (χ0) is 19.8. The second-order valence-electron chi connectivity index (χ2n) is 7.18. The Balaban J connectivity index is 1.59. The van der Waals surface area contributed by atoms with Crippen LogP contribution in [0.15, 0.2) is 24.3 Å². The number of aromatic amines is 2. The minimum absolute atomic E-state index is 0.0930. The summed E-state index contributed by atoms with van der Waals surface area (Å²) in [4.78, 5) is 32.0. The molecule has 2 aromatic heterocycles. The first kappa shape index (κ1) is 18.2. The van der Waals surface area contributed by atoms with Crippen LogP contribution in [0.5, 0.6) is 0 Å². The molecular formula is C20H23N5O3. The lowest BCUT2D eigenvalue weighted by molar-refractivity contribution is 0.0714. The number of likely N-dealkylation sites (N-methyl/N-ethyl adjacent to an activating group) is 1. The molecule has 0 unspecified atom stereocenters. The lowest BCUT2D eigenvalue weighted by atomic mass is 10.0. The van der Waals surface area contributed by atoms with Crippen LogP contribution in [0.2, 0.25) is 0 Å². The maximum Gasteiger partial charge on any atom is 0.274 e. The Labute approximate surface area is 162 Å². The van der Waals surface area contributed by atoms with Gasteiger partial charge in [-0.1, -0.05) is 12.1 Å². The first-order chi connectivity index (χ1) is 13.5. The van der Waals surface area contributed by atoms with Gasteiger partial charge in [0, 0.05) is 48.7 Å². The number of hydrogen-bond donors (Lipinski definition) is 3. The third kappa shape index (κ3) is 3.05. The summed E-state index contributed by atoms with van der Waals surface area (Å²) in [5.74, 6) is -0.355. The van der Waals surface area contributed by atoms with Crippen molar-refractivity contribution in [1.82, 2.24) is 25.0 Å². The number of carbonyl (C=O) groups is 2. The summed E-state index contributed by atoms with van der Waals surface area (Å²) in [6, 6.07) is 7.82. The van der Waals surface area contributed by atoms with Gasteiger partial charge < -0.3 is 19.9 Å². The van der Waals surface area contributed by atoms with Gasteiger partial charge in [-0.15, -0.1) is 0 Å². The highest BCUT2D eigenvalue weighted by molar-refractivity contribution is 5.99. The normalized spacial score (nSPS) is 13.6. The van der Waals surface area contributed by atoms with Crippen LogP contribution < -0.4 is 0 Å². The molecule has 8 heteroatoms. The van der Waals surface area contributed by atoms with Gasteiger partial charge in [-0.05, 0) is 24.6 Å². The van der Waals surface area contributed by atoms with Crippen molar-refractivity contribution in [2.75, 3.05) is 26.7 Å². The second-order valence-corrected chi connectivity index (χ2v) is 7.18. The van der Waals surface area contributed by atoms with Crippen molar-refractivity contribution in [3.05, 3.63) is 52.5 Å². The number of carbonyl (C=O) groups excluding carboxylic acids is 2. The van der Waals surface area contributed by atoms with Crippen molar-refractivity contribution in [3.8, 4) is 0 Å². The Morgan fingerprint density at radius 1 is 1.36 bits per heavy atom. The molecule has 1 aliphatic heterocycles. The molecule has 4 rings (SSSR count). The number of nitrogens with one attached hydrogen (secondary N) is 2. The van der Waals surface area contributed by atoms with Crippen molar-refractivity contribution in [2.45, 2.75) is 19.9 Å². The molecule has 2 amide bonds. The predicted molar refractivity (Wildman–Crippen MR) is 104 cm³/mol. The Kier molecular flexibility index (Phi) is 4.64. The summed E-state index contributed by atoms with van der Waals surface area (Å²) in [7, 11) is 1.62. The summed E-state index contributed by atoms with van der Waals surface area (Å²) in [5, 5.41) is 17.2. The van der Waals surface area contributed by atoms with Crippen LogP contribution in [-0.4, -0.2) is 68.6 Å². The molecular weight excluding hydrogens is 358 g/mol. The summed E-state index contributed by atoms with van der Waals surface area (Å²) < 4.78 is 0. The van der Waals surface area contributed by atoms with Crippen LogP contribution in [0.1, 0.15) is 37.8 Å². The van der Waals surface area contributed by atoms with Gasteiger partial charge >= 0.3 is 0 Å². The average Bonchev–Trinajstić information content (AvgIpc) is 3.31. The van der Waals surface area contributed by atoms with Crippen LogP contribution in [0.3, 0.4) is 0 Å². The van der Waals surface area contributed by atoms with Gasteiger partial charge in [0.15, 0.2) is 5.69 Å². The SMILES string of the molecule is Cc1cccc2[nH]c(C(=O)N3CCc4[nH]nc(C(=O)N(C)CCO)c4C3)cc12. The highest BCUT2D eigenvalue weighted by Gasteiger charge is 2.30. The van der Waals surface area contributed by atoms with Crippen LogP contribution in [0.4, 0.5) is 0 Å². The molecule has 0 saturated heterocycles. The van der Waals surface area contributed by atoms with Crippen molar-refractivity contribution in [3.63, 3.8) is 0 Å². The molecule has 0 saturated carbocycles. The molecule has 1 aliphatic rings. The molecule has 0 atom stereocenters. The summed E-state index contributed by atoms with van der Waals surface area (Å²) in [6.07, 6.45) is 0.615. The van der Waals surface area contributed by atoms with E-state index in [1.807, 2.05) is 31.2 Å². The number of H-pyrrole nitrogens is 2. The van der Waals surface area contributed by atoms with E-state index in [0.29, 0.717) is 30.9 Å². The first-order valence-electron chi connectivity index (χ1n) is 9.29. The fourth-order valence-corrected chi connectivity index (χ4v) is 3.67. The Morgan fingerprint density at radius 3 is 2.93 bits per heavy atom. The molecule has 0 spiro atoms. The number of aromatic nitrogens is 3. The summed E-state index contributed by atoms with van der Waals surface area (Å²) in [6.45, 7) is 3.02. The van der Waals surface area contributed by atoms with Crippen molar-refractivity contribution < 1.29 is 14.7 Å². The number of amides is 2. The predicted octanol–water partition coefficient (Wildman–Crippen LogP) is 1.46. The summed E-state index contributed by atoms with van der Waals surface area (Å²) in [5.41, 5.74) is 4.55. The van der Waals surface area contributed by atoms with Crippen LogP contribution in [-0.2, 0) is 13.0 Å². The third-order valence-electron chi connectivity index (χ3n) is 5.32. The molecule has 3 N–H and O–H groups in total. The highest BCUT2D eigenvalue weighted by Crippen LogP contribution is 2.25. The molecule has 0 aliphatic carbocycles. The van der Waals surface area contributed by atoms with E-state index < -0.39 is 0 Å². The average molecular weight is 381 g/mol. The Morgan fingerprint density at radius 2 is 2.18 bits per heavy atom. The van der Waals surface area contributed by atoms with Gasteiger partial charge in [0.1, 0.15) is 5.69 Å². The van der Waals surface area contributed by atoms with E-state index in [-0.39, 0.29) is 25.0 Å². The topological polar surface area (TPSA) is 105 Å².